The lowest BCUT2D eigenvalue weighted by atomic mass is 10.2. The predicted molar refractivity (Wildman–Crippen MR) is 132 cm³/mol. The molecule has 174 valence electrons. The number of fused-ring (bicyclic) bond motifs is 2. The summed E-state index contributed by atoms with van der Waals surface area (Å²) in [5.74, 6) is 1.18. The molecule has 0 radical (unpaired) electrons. The largest absolute Gasteiger partial charge is 0.486 e. The normalized spacial score (nSPS) is 14.3. The van der Waals surface area contributed by atoms with Crippen LogP contribution in [0.1, 0.15) is 5.56 Å². The number of carbonyl (C=O) groups excluding carboxylic acids is 1. The van der Waals surface area contributed by atoms with E-state index in [9.17, 15) is 9.59 Å². The Bertz CT molecular complexity index is 1490. The first-order chi connectivity index (χ1) is 17.1. The van der Waals surface area contributed by atoms with E-state index in [1.807, 2.05) is 30.3 Å². The number of amides is 1. The lowest BCUT2D eigenvalue weighted by Crippen LogP contribution is -2.41. The molecule has 3 aromatic carbocycles. The average Bonchev–Trinajstić information content (AvgIpc) is 2.91. The molecule has 1 N–H and O–H groups in total. The number of hydrogen-bond donors (Lipinski definition) is 1. The molecule has 0 bridgehead atoms. The van der Waals surface area contributed by atoms with Gasteiger partial charge in [-0.2, -0.15) is 5.26 Å². The summed E-state index contributed by atoms with van der Waals surface area (Å²) >= 11 is 1.17. The zero-order chi connectivity index (χ0) is 24.2. The average molecular weight is 485 g/mol. The summed E-state index contributed by atoms with van der Waals surface area (Å²) in [6.45, 7) is 0.635. The summed E-state index contributed by atoms with van der Waals surface area (Å²) in [6.07, 6.45) is -0.297. The molecule has 0 saturated heterocycles. The number of aromatic nitrogens is 2. The fourth-order valence-electron chi connectivity index (χ4n) is 3.69. The van der Waals surface area contributed by atoms with E-state index in [-0.39, 0.29) is 23.3 Å². The van der Waals surface area contributed by atoms with Gasteiger partial charge in [0.15, 0.2) is 16.7 Å². The van der Waals surface area contributed by atoms with E-state index >= 15 is 0 Å². The Morgan fingerprint density at radius 1 is 1.09 bits per heavy atom. The van der Waals surface area contributed by atoms with Crippen LogP contribution in [0.15, 0.2) is 82.7 Å². The zero-order valence-electron chi connectivity index (χ0n) is 18.5. The minimum atomic E-state index is -0.297. The molecular formula is C26H20N4O4S. The van der Waals surface area contributed by atoms with Gasteiger partial charge in [0.25, 0.3) is 5.56 Å². The highest BCUT2D eigenvalue weighted by Gasteiger charge is 2.21. The fraction of sp³-hybridized carbons (Fsp3) is 0.154. The molecule has 1 aliphatic rings. The van der Waals surface area contributed by atoms with Crippen LogP contribution in [0, 0.1) is 11.3 Å². The van der Waals surface area contributed by atoms with Gasteiger partial charge in [-0.05, 0) is 48.5 Å². The van der Waals surface area contributed by atoms with E-state index in [1.165, 1.54) is 16.3 Å². The molecule has 5 rings (SSSR count). The molecule has 8 nitrogen and oxygen atoms in total. The van der Waals surface area contributed by atoms with Crippen molar-refractivity contribution in [3.63, 3.8) is 0 Å². The Morgan fingerprint density at radius 3 is 2.63 bits per heavy atom. The lowest BCUT2D eigenvalue weighted by molar-refractivity contribution is -0.119. The van der Waals surface area contributed by atoms with Crippen LogP contribution in [0.2, 0.25) is 0 Å². The number of nitrogens with one attached hydrogen (secondary N) is 1. The SMILES string of the molecule is N#Cc1ccc(-n2c(SCC(=O)NCC3COc4ccccc4O3)nc3ccccc3c2=O)cc1. The molecule has 1 amide bonds. The van der Waals surface area contributed by atoms with Gasteiger partial charge in [-0.3, -0.25) is 14.2 Å². The second-order valence-electron chi connectivity index (χ2n) is 7.80. The maximum Gasteiger partial charge on any atom is 0.266 e. The first kappa shape index (κ1) is 22.5. The molecule has 1 unspecified atom stereocenters. The van der Waals surface area contributed by atoms with Crippen molar-refractivity contribution in [2.75, 3.05) is 18.9 Å². The van der Waals surface area contributed by atoms with Gasteiger partial charge >= 0.3 is 0 Å². The third kappa shape index (κ3) is 4.83. The molecule has 0 fully saturated rings. The van der Waals surface area contributed by atoms with Crippen LogP contribution in [-0.4, -0.2) is 40.5 Å². The Morgan fingerprint density at radius 2 is 1.83 bits per heavy atom. The second-order valence-corrected chi connectivity index (χ2v) is 8.74. The first-order valence-electron chi connectivity index (χ1n) is 10.9. The van der Waals surface area contributed by atoms with E-state index in [0.29, 0.717) is 52.0 Å². The Hall–Kier alpha value is -4.29. The number of ether oxygens (including phenoxy) is 2. The number of nitriles is 1. The molecule has 0 saturated carbocycles. The van der Waals surface area contributed by atoms with Crippen molar-refractivity contribution in [1.29, 1.82) is 5.26 Å². The highest BCUT2D eigenvalue weighted by molar-refractivity contribution is 7.99. The van der Waals surface area contributed by atoms with Crippen LogP contribution >= 0.6 is 11.8 Å². The van der Waals surface area contributed by atoms with Gasteiger partial charge in [0.05, 0.1) is 40.5 Å². The molecule has 1 atom stereocenters. The van der Waals surface area contributed by atoms with Crippen molar-refractivity contribution >= 4 is 28.6 Å². The van der Waals surface area contributed by atoms with Crippen LogP contribution in [-0.2, 0) is 4.79 Å². The van der Waals surface area contributed by atoms with Crippen LogP contribution in [0.4, 0.5) is 0 Å². The highest BCUT2D eigenvalue weighted by Crippen LogP contribution is 2.30. The van der Waals surface area contributed by atoms with Gasteiger partial charge < -0.3 is 14.8 Å². The van der Waals surface area contributed by atoms with Crippen LogP contribution in [0.25, 0.3) is 16.6 Å². The van der Waals surface area contributed by atoms with Crippen LogP contribution < -0.4 is 20.3 Å². The number of hydrogen-bond acceptors (Lipinski definition) is 7. The summed E-state index contributed by atoms with van der Waals surface area (Å²) in [6, 6.07) is 23.2. The van der Waals surface area contributed by atoms with Crippen LogP contribution in [0.5, 0.6) is 11.5 Å². The first-order valence-corrected chi connectivity index (χ1v) is 11.9. The van der Waals surface area contributed by atoms with Gasteiger partial charge in [0.1, 0.15) is 12.7 Å². The van der Waals surface area contributed by atoms with Gasteiger partial charge in [0.2, 0.25) is 5.91 Å². The van der Waals surface area contributed by atoms with Crippen molar-refractivity contribution in [1.82, 2.24) is 14.9 Å². The monoisotopic (exact) mass is 484 g/mol. The summed E-state index contributed by atoms with van der Waals surface area (Å²) in [4.78, 5) is 30.5. The van der Waals surface area contributed by atoms with Crippen molar-refractivity contribution in [3.05, 3.63) is 88.7 Å². The molecular weight excluding hydrogens is 464 g/mol. The van der Waals surface area contributed by atoms with E-state index in [1.54, 1.807) is 42.5 Å². The quantitative estimate of drug-likeness (QED) is 0.331. The van der Waals surface area contributed by atoms with Crippen molar-refractivity contribution in [3.8, 4) is 23.3 Å². The minimum Gasteiger partial charge on any atom is -0.486 e. The number of rotatable bonds is 6. The Labute approximate surface area is 205 Å². The molecule has 9 heteroatoms. The Kier molecular flexibility index (Phi) is 6.37. The molecule has 0 aliphatic carbocycles. The molecule has 1 aromatic heterocycles. The summed E-state index contributed by atoms with van der Waals surface area (Å²) in [5, 5.41) is 12.8. The van der Waals surface area contributed by atoms with Crippen molar-refractivity contribution in [2.24, 2.45) is 0 Å². The van der Waals surface area contributed by atoms with Crippen molar-refractivity contribution in [2.45, 2.75) is 11.3 Å². The smallest absolute Gasteiger partial charge is 0.266 e. The molecule has 0 spiro atoms. The third-order valence-corrected chi connectivity index (χ3v) is 6.36. The number of para-hydroxylation sites is 3. The Balaban J connectivity index is 1.31. The highest BCUT2D eigenvalue weighted by atomic mass is 32.2. The number of benzene rings is 3. The summed E-state index contributed by atoms with van der Waals surface area (Å²) in [5.41, 5.74) is 1.37. The predicted octanol–water partition coefficient (Wildman–Crippen LogP) is 3.31. The standard InChI is InChI=1S/C26H20N4O4S/c27-13-17-9-11-18(12-10-17)30-25(32)20-5-1-2-6-21(20)29-26(30)35-16-24(31)28-14-19-15-33-22-7-3-4-8-23(22)34-19/h1-12,19H,14-16H2,(H,28,31). The topological polar surface area (TPSA) is 106 Å². The molecule has 1 aliphatic heterocycles. The van der Waals surface area contributed by atoms with Gasteiger partial charge in [-0.15, -0.1) is 0 Å². The number of nitrogens with zero attached hydrogens (tertiary/aromatic N) is 3. The van der Waals surface area contributed by atoms with Gasteiger partial charge in [-0.25, -0.2) is 4.98 Å². The fourth-order valence-corrected chi connectivity index (χ4v) is 4.54. The maximum atomic E-state index is 13.3. The zero-order valence-corrected chi connectivity index (χ0v) is 19.3. The summed E-state index contributed by atoms with van der Waals surface area (Å²) in [7, 11) is 0. The number of carbonyl (C=O) groups is 1. The third-order valence-electron chi connectivity index (χ3n) is 5.43. The van der Waals surface area contributed by atoms with E-state index in [4.69, 9.17) is 14.7 Å². The van der Waals surface area contributed by atoms with Crippen molar-refractivity contribution < 1.29 is 14.3 Å². The summed E-state index contributed by atoms with van der Waals surface area (Å²) < 4.78 is 13.0. The van der Waals surface area contributed by atoms with E-state index < -0.39 is 0 Å². The molecule has 35 heavy (non-hydrogen) atoms. The van der Waals surface area contributed by atoms with E-state index in [2.05, 4.69) is 16.4 Å². The van der Waals surface area contributed by atoms with E-state index in [0.717, 1.165) is 0 Å². The number of thioether (sulfide) groups is 1. The van der Waals surface area contributed by atoms with Gasteiger partial charge in [-0.1, -0.05) is 36.0 Å². The second kappa shape index (κ2) is 9.91. The van der Waals surface area contributed by atoms with Gasteiger partial charge in [0, 0.05) is 0 Å². The minimum absolute atomic E-state index is 0.0607. The van der Waals surface area contributed by atoms with Crippen LogP contribution in [0.3, 0.4) is 0 Å². The maximum absolute atomic E-state index is 13.3. The molecule has 2 heterocycles. The lowest BCUT2D eigenvalue weighted by Gasteiger charge is -2.26. The molecule has 4 aromatic rings.